The van der Waals surface area contributed by atoms with Gasteiger partial charge in [-0.05, 0) is 0 Å². The van der Waals surface area contributed by atoms with Crippen LogP contribution in [0.1, 0.15) is 13.2 Å². The fraction of sp³-hybridized carbons (Fsp3) is 0.111. The number of aromatic carboxylic acids is 1. The Balaban J connectivity index is 2.72. The van der Waals surface area contributed by atoms with E-state index in [1.807, 2.05) is 0 Å². The standard InChI is InChI=1S/C9H8N4O3/c1-12-5-6(4-10-12)13-3-2-7(14)8(11-13)9(15)16/h2-5H,1H3,(H,15,16)/i2D,3D/hD. The van der Waals surface area contributed by atoms with Crippen LogP contribution in [0, 0.1) is 0 Å². The quantitative estimate of drug-likeness (QED) is 0.752. The summed E-state index contributed by atoms with van der Waals surface area (Å²) in [6, 6.07) is -0.709. The van der Waals surface area contributed by atoms with Gasteiger partial charge in [-0.15, -0.1) is 0 Å². The van der Waals surface area contributed by atoms with E-state index in [0.717, 1.165) is 4.68 Å². The molecule has 0 aromatic carbocycles. The molecule has 16 heavy (non-hydrogen) atoms. The van der Waals surface area contributed by atoms with Crippen molar-refractivity contribution in [2.24, 2.45) is 7.05 Å². The van der Waals surface area contributed by atoms with Gasteiger partial charge in [0.05, 0.1) is 15.1 Å². The minimum Gasteiger partial charge on any atom is -0.476 e. The molecule has 7 nitrogen and oxygen atoms in total. The highest BCUT2D eigenvalue weighted by molar-refractivity contribution is 5.84. The predicted molar refractivity (Wildman–Crippen MR) is 53.6 cm³/mol. The molecular weight excluding hydrogens is 212 g/mol. The maximum Gasteiger partial charge on any atom is 0.360 e. The smallest absolute Gasteiger partial charge is 0.360 e. The molecule has 2 rings (SSSR count). The predicted octanol–water partition coefficient (Wildman–Crippen LogP) is -0.336. The van der Waals surface area contributed by atoms with E-state index < -0.39 is 29.3 Å². The van der Waals surface area contributed by atoms with Crippen molar-refractivity contribution in [2.45, 2.75) is 0 Å². The van der Waals surface area contributed by atoms with E-state index in [-0.39, 0.29) is 0 Å². The number of hydrogen-bond donors (Lipinski definition) is 1. The average Bonchev–Trinajstić information content (AvgIpc) is 2.82. The van der Waals surface area contributed by atoms with Crippen LogP contribution in [0.5, 0.6) is 0 Å². The minimum absolute atomic E-state index is 0.306. The summed E-state index contributed by atoms with van der Waals surface area (Å²) in [6.45, 7) is 0. The number of carboxylic acids is 1. The minimum atomic E-state index is -1.28. The lowest BCUT2D eigenvalue weighted by molar-refractivity contribution is 0.0687. The van der Waals surface area contributed by atoms with Crippen LogP contribution < -0.4 is 5.43 Å². The first-order chi connectivity index (χ1) is 8.95. The summed E-state index contributed by atoms with van der Waals surface area (Å²) in [7, 11) is 1.64. The third-order valence-corrected chi connectivity index (χ3v) is 1.82. The topological polar surface area (TPSA) is 90.0 Å². The Morgan fingerprint density at radius 2 is 2.50 bits per heavy atom. The normalized spacial score (nSPS) is 12.7. The van der Waals surface area contributed by atoms with Gasteiger partial charge in [-0.3, -0.25) is 9.48 Å². The largest absolute Gasteiger partial charge is 0.476 e. The van der Waals surface area contributed by atoms with Gasteiger partial charge in [0.1, 0.15) is 5.69 Å². The van der Waals surface area contributed by atoms with E-state index in [9.17, 15) is 9.59 Å². The van der Waals surface area contributed by atoms with Crippen LogP contribution in [0.2, 0.25) is 0 Å². The number of rotatable bonds is 2. The Hall–Kier alpha value is -2.44. The van der Waals surface area contributed by atoms with Crippen molar-refractivity contribution in [3.8, 4) is 5.69 Å². The number of nitrogens with zero attached hydrogens (tertiary/aromatic N) is 4. The fourth-order valence-electron chi connectivity index (χ4n) is 1.11. The van der Waals surface area contributed by atoms with Gasteiger partial charge in [0, 0.05) is 19.3 Å². The average molecular weight is 223 g/mol. The zero-order valence-electron chi connectivity index (χ0n) is 11.2. The molecule has 0 radical (unpaired) electrons. The van der Waals surface area contributed by atoms with Crippen LogP contribution in [0.3, 0.4) is 0 Å². The summed E-state index contributed by atoms with van der Waals surface area (Å²) in [6.07, 6.45) is 2.36. The number of aryl methyl sites for hydroxylation is 1. The maximum atomic E-state index is 11.6. The summed E-state index contributed by atoms with van der Waals surface area (Å²) in [4.78, 5) is 22.8. The van der Waals surface area contributed by atoms with Gasteiger partial charge in [0.2, 0.25) is 11.1 Å². The summed E-state index contributed by atoms with van der Waals surface area (Å²) < 4.78 is 24.0. The SMILES string of the molecule is [2H]OC(=O)c1nn(-c2cnn(C)c2)c([2H])c([2H])c1=O. The number of aromatic nitrogens is 4. The first-order valence-corrected chi connectivity index (χ1v) is 4.22. The molecule has 0 atom stereocenters. The molecule has 0 aliphatic heterocycles. The molecule has 0 fully saturated rings. The van der Waals surface area contributed by atoms with Crippen molar-refractivity contribution in [3.05, 3.63) is 40.5 Å². The van der Waals surface area contributed by atoms with Crippen molar-refractivity contribution < 1.29 is 12.6 Å². The van der Waals surface area contributed by atoms with Crippen LogP contribution in [-0.2, 0) is 7.05 Å². The van der Waals surface area contributed by atoms with Crippen LogP contribution in [0.15, 0.2) is 29.4 Å². The third-order valence-electron chi connectivity index (χ3n) is 1.82. The Morgan fingerprint density at radius 3 is 3.12 bits per heavy atom. The second-order valence-electron chi connectivity index (χ2n) is 2.99. The molecular formula is C9H8N4O3. The molecule has 2 aromatic rings. The highest BCUT2D eigenvalue weighted by Gasteiger charge is 2.11. The second-order valence-corrected chi connectivity index (χ2v) is 2.99. The molecule has 0 aliphatic carbocycles. The summed E-state index contributed by atoms with van der Waals surface area (Å²) in [5.74, 6) is -1.28. The third kappa shape index (κ3) is 1.70. The zero-order valence-corrected chi connectivity index (χ0v) is 8.17. The Kier molecular flexibility index (Phi) is 1.57. The second kappa shape index (κ2) is 3.61. The van der Waals surface area contributed by atoms with Gasteiger partial charge in [0.15, 0.2) is 0 Å². The fourth-order valence-corrected chi connectivity index (χ4v) is 1.11. The van der Waals surface area contributed by atoms with Crippen LogP contribution in [0.4, 0.5) is 0 Å². The van der Waals surface area contributed by atoms with Gasteiger partial charge in [0.25, 0.3) is 1.43 Å². The summed E-state index contributed by atoms with van der Waals surface area (Å²) >= 11 is 0. The number of hydrogen-bond acceptors (Lipinski definition) is 5. The van der Waals surface area contributed by atoms with E-state index in [0.29, 0.717) is 5.69 Å². The number of carbonyl (C=O) groups is 1. The molecule has 0 aliphatic rings. The monoisotopic (exact) mass is 223 g/mol. The van der Waals surface area contributed by atoms with E-state index >= 15 is 0 Å². The zero-order chi connectivity index (χ0) is 14.2. The lowest BCUT2D eigenvalue weighted by Crippen LogP contribution is -2.20. The molecule has 2 heterocycles. The highest BCUT2D eigenvalue weighted by atomic mass is 16.4. The van der Waals surface area contributed by atoms with Crippen molar-refractivity contribution in [3.63, 3.8) is 0 Å². The van der Waals surface area contributed by atoms with Crippen LogP contribution >= 0.6 is 0 Å². The Morgan fingerprint density at radius 1 is 1.69 bits per heavy atom. The van der Waals surface area contributed by atoms with Gasteiger partial charge in [-0.2, -0.15) is 10.2 Å². The lowest BCUT2D eigenvalue weighted by atomic mass is 10.4. The van der Waals surface area contributed by atoms with E-state index in [4.69, 9.17) is 4.17 Å². The van der Waals surface area contributed by atoms with Gasteiger partial charge < -0.3 is 5.11 Å². The first kappa shape index (κ1) is 6.94. The van der Waals surface area contributed by atoms with Crippen molar-refractivity contribution >= 4 is 5.97 Å². The van der Waals surface area contributed by atoms with Crippen LogP contribution in [-0.4, -0.2) is 30.6 Å². The highest BCUT2D eigenvalue weighted by Crippen LogP contribution is 2.02. The molecule has 0 unspecified atom stereocenters. The van der Waals surface area contributed by atoms with Crippen LogP contribution in [0.25, 0.3) is 7.12 Å². The molecule has 82 valence electrons. The van der Waals surface area contributed by atoms with E-state index in [2.05, 4.69) is 15.3 Å². The molecule has 1 N–H and O–H groups in total. The molecule has 0 saturated heterocycles. The Labute approximate surface area is 93.9 Å². The van der Waals surface area contributed by atoms with Gasteiger partial charge >= 0.3 is 5.97 Å². The van der Waals surface area contributed by atoms with Crippen molar-refractivity contribution in [2.75, 3.05) is 0 Å². The maximum absolute atomic E-state index is 11.6. The van der Waals surface area contributed by atoms with Gasteiger partial charge in [-0.25, -0.2) is 9.48 Å². The molecule has 0 spiro atoms. The summed E-state index contributed by atoms with van der Waals surface area (Å²) in [5, 5.41) is 11.2. The van der Waals surface area contributed by atoms with Crippen molar-refractivity contribution in [1.82, 2.24) is 19.6 Å². The molecule has 2 aromatic heterocycles. The molecule has 0 amide bonds. The molecule has 0 saturated carbocycles. The first-order valence-electron chi connectivity index (χ1n) is 5.63. The molecule has 7 heteroatoms. The van der Waals surface area contributed by atoms with E-state index in [1.54, 1.807) is 7.05 Å². The lowest BCUT2D eigenvalue weighted by Gasteiger charge is -2.01. The van der Waals surface area contributed by atoms with E-state index in [1.165, 1.54) is 17.1 Å². The van der Waals surface area contributed by atoms with Crippen molar-refractivity contribution in [1.29, 1.82) is 1.43 Å². The molecule has 0 bridgehead atoms. The van der Waals surface area contributed by atoms with Gasteiger partial charge in [-0.1, -0.05) is 0 Å². The summed E-state index contributed by atoms with van der Waals surface area (Å²) in [5.41, 5.74) is -1.47. The number of carboxylic acid groups (broad SMARTS) is 1. The Bertz CT molecular complexity index is 709.